The van der Waals surface area contributed by atoms with Crippen molar-refractivity contribution in [1.82, 2.24) is 0 Å². The van der Waals surface area contributed by atoms with Crippen LogP contribution in [0.5, 0.6) is 0 Å². The van der Waals surface area contributed by atoms with E-state index < -0.39 is 131 Å². The second-order valence-corrected chi connectivity index (χ2v) is 22.2. The number of esters is 1. The van der Waals surface area contributed by atoms with Gasteiger partial charge in [0.25, 0.3) is 0 Å². The molecule has 0 bridgehead atoms. The number of allylic oxidation sites excluding steroid dienone is 2. The van der Waals surface area contributed by atoms with Gasteiger partial charge in [-0.3, -0.25) is 9.35 Å². The molecule has 20 atom stereocenters. The van der Waals surface area contributed by atoms with Crippen molar-refractivity contribution in [3.8, 4) is 0 Å². The average molecular weight is 893 g/mol. The van der Waals surface area contributed by atoms with Gasteiger partial charge in [-0.25, -0.2) is 4.18 Å². The normalized spacial score (nSPS) is 52.1. The standard InChI is InChI=1S/C42H68O18S/c1-37(2)11-13-42(36(52)59-35-32(51)30(49)28(47)24(58-35)18-56-34-31(50)29(48)27(46)23(17-43)57-34)14-12-40(5)20(21(42)15-37)7-8-26-38(3)16-22(45)33(60-61(53,54)55)39(4,19-44)25(38)9-10-41(26,40)6/h7,21-35,43-51H,8-19H2,1-6H3,(H,53,54,55)/t21-,22+,23+,24-,25+,26+,27-,28-,29-,30+,31+,32+,33-,34+,35+,38-,39+,40-,41+,42+/m1/s1. The van der Waals surface area contributed by atoms with Gasteiger partial charge in [-0.15, -0.1) is 0 Å². The molecule has 2 aliphatic heterocycles. The molecule has 2 saturated heterocycles. The van der Waals surface area contributed by atoms with Gasteiger partial charge in [0.1, 0.15) is 54.9 Å². The van der Waals surface area contributed by atoms with Crippen LogP contribution in [0.3, 0.4) is 0 Å². The Hall–Kier alpha value is -1.40. The van der Waals surface area contributed by atoms with Gasteiger partial charge in [0.15, 0.2) is 6.29 Å². The number of aliphatic hydroxyl groups is 9. The van der Waals surface area contributed by atoms with Gasteiger partial charge in [-0.05, 0) is 97.2 Å². The summed E-state index contributed by atoms with van der Waals surface area (Å²) in [5.41, 5.74) is -2.59. The Morgan fingerprint density at radius 1 is 0.770 bits per heavy atom. The molecule has 0 aromatic carbocycles. The second-order valence-electron chi connectivity index (χ2n) is 21.2. The van der Waals surface area contributed by atoms with Crippen molar-refractivity contribution in [2.24, 2.45) is 50.2 Å². The van der Waals surface area contributed by atoms with Crippen molar-refractivity contribution in [2.45, 2.75) is 173 Å². The first kappa shape index (κ1) is 47.6. The van der Waals surface area contributed by atoms with Gasteiger partial charge in [0.05, 0.1) is 31.3 Å². The molecule has 61 heavy (non-hydrogen) atoms. The molecule has 19 heteroatoms. The Morgan fingerprint density at radius 3 is 2.00 bits per heavy atom. The van der Waals surface area contributed by atoms with Crippen molar-refractivity contribution < 1.29 is 86.9 Å². The summed E-state index contributed by atoms with van der Waals surface area (Å²) in [5.74, 6) is -1.17. The Morgan fingerprint density at radius 2 is 1.38 bits per heavy atom. The zero-order chi connectivity index (χ0) is 45.0. The van der Waals surface area contributed by atoms with Gasteiger partial charge in [-0.1, -0.05) is 53.2 Å². The fraction of sp³-hybridized carbons (Fsp3) is 0.929. The van der Waals surface area contributed by atoms with Crippen molar-refractivity contribution >= 4 is 16.4 Å². The van der Waals surface area contributed by atoms with Crippen LogP contribution in [-0.2, 0) is 38.3 Å². The van der Waals surface area contributed by atoms with Crippen LogP contribution in [0, 0.1) is 50.2 Å². The summed E-state index contributed by atoms with van der Waals surface area (Å²) >= 11 is 0. The Kier molecular flexibility index (Phi) is 12.6. The van der Waals surface area contributed by atoms with E-state index in [4.69, 9.17) is 23.1 Å². The zero-order valence-corrected chi connectivity index (χ0v) is 36.7. The minimum Gasteiger partial charge on any atom is -0.432 e. The van der Waals surface area contributed by atoms with Crippen molar-refractivity contribution in [3.63, 3.8) is 0 Å². The number of rotatable bonds is 9. The lowest BCUT2D eigenvalue weighted by atomic mass is 9.33. The van der Waals surface area contributed by atoms with Crippen molar-refractivity contribution in [2.75, 3.05) is 19.8 Å². The summed E-state index contributed by atoms with van der Waals surface area (Å²) < 4.78 is 61.5. The maximum Gasteiger partial charge on any atom is 0.397 e. The van der Waals surface area contributed by atoms with E-state index in [1.54, 1.807) is 6.92 Å². The number of aliphatic hydroxyl groups excluding tert-OH is 9. The number of fused-ring (bicyclic) bond motifs is 7. The fourth-order valence-corrected chi connectivity index (χ4v) is 14.4. The highest BCUT2D eigenvalue weighted by atomic mass is 32.3. The quantitative estimate of drug-likeness (QED) is 0.0833. The Labute approximate surface area is 357 Å². The summed E-state index contributed by atoms with van der Waals surface area (Å²) in [5, 5.41) is 95.6. The summed E-state index contributed by atoms with van der Waals surface area (Å²) in [6, 6.07) is 0. The SMILES string of the molecule is CC1(C)CC[C@]2(C(=O)O[C@@H]3O[C@H](CO[C@H]4O[C@@H](CO)[C@@H](O)[C@@H](O)[C@@H]4O)[C@@H](O)[C@H](O)[C@@H]3O)CC[C@]3(C)C(=CC[C@H]4[C@]5(C)C[C@H](O)[C@@H](OS(=O)(=O)O)[C@@](C)(CO)[C@H]5CC[C@@]43C)[C@H]2C1. The van der Waals surface area contributed by atoms with Gasteiger partial charge < -0.3 is 64.9 Å². The molecule has 350 valence electrons. The highest BCUT2D eigenvalue weighted by Gasteiger charge is 2.71. The predicted octanol–water partition coefficient (Wildman–Crippen LogP) is 0.0866. The summed E-state index contributed by atoms with van der Waals surface area (Å²) in [7, 11) is -4.93. The lowest BCUT2D eigenvalue weighted by Gasteiger charge is -2.71. The third-order valence-electron chi connectivity index (χ3n) is 17.5. The molecule has 2 heterocycles. The van der Waals surface area contributed by atoms with E-state index in [-0.39, 0.29) is 35.0 Å². The van der Waals surface area contributed by atoms with Crippen LogP contribution in [0.4, 0.5) is 0 Å². The molecule has 10 N–H and O–H groups in total. The molecular formula is C42H68O18S. The van der Waals surface area contributed by atoms with Crippen molar-refractivity contribution in [1.29, 1.82) is 0 Å². The first-order chi connectivity index (χ1) is 28.2. The number of hydrogen-bond donors (Lipinski definition) is 10. The van der Waals surface area contributed by atoms with E-state index >= 15 is 0 Å². The van der Waals surface area contributed by atoms with Crippen LogP contribution in [0.2, 0.25) is 0 Å². The van der Waals surface area contributed by atoms with E-state index in [1.807, 2.05) is 0 Å². The minimum absolute atomic E-state index is 0.0170. The van der Waals surface area contributed by atoms with Crippen LogP contribution in [0.1, 0.15) is 99.3 Å². The molecule has 7 rings (SSSR count). The molecule has 0 unspecified atom stereocenters. The molecular weight excluding hydrogens is 825 g/mol. The van der Waals surface area contributed by atoms with E-state index in [9.17, 15) is 63.7 Å². The first-order valence-corrected chi connectivity index (χ1v) is 23.1. The van der Waals surface area contributed by atoms with E-state index in [2.05, 4.69) is 40.7 Å². The largest absolute Gasteiger partial charge is 0.432 e. The second kappa shape index (κ2) is 16.2. The monoisotopic (exact) mass is 892 g/mol. The van der Waals surface area contributed by atoms with Gasteiger partial charge in [-0.2, -0.15) is 8.42 Å². The van der Waals surface area contributed by atoms with Gasteiger partial charge >= 0.3 is 16.4 Å². The molecule has 0 aromatic heterocycles. The van der Waals surface area contributed by atoms with Crippen LogP contribution in [0.25, 0.3) is 0 Å². The van der Waals surface area contributed by atoms with Crippen LogP contribution in [0.15, 0.2) is 11.6 Å². The topological polar surface area (TPSA) is 300 Å². The molecule has 0 amide bonds. The summed E-state index contributed by atoms with van der Waals surface area (Å²) in [6.45, 7) is 11.0. The van der Waals surface area contributed by atoms with E-state index in [0.717, 1.165) is 5.57 Å². The van der Waals surface area contributed by atoms with Gasteiger partial charge in [0.2, 0.25) is 6.29 Å². The molecule has 0 spiro atoms. The molecule has 18 nitrogen and oxygen atoms in total. The molecule has 4 saturated carbocycles. The molecule has 0 aromatic rings. The summed E-state index contributed by atoms with van der Waals surface area (Å²) in [4.78, 5) is 14.8. The zero-order valence-electron chi connectivity index (χ0n) is 35.9. The third-order valence-corrected chi connectivity index (χ3v) is 17.9. The highest BCUT2D eigenvalue weighted by Crippen LogP contribution is 2.76. The summed E-state index contributed by atoms with van der Waals surface area (Å²) in [6.07, 6.45) is -11.9. The lowest BCUT2D eigenvalue weighted by molar-refractivity contribution is -0.328. The van der Waals surface area contributed by atoms with E-state index in [0.29, 0.717) is 51.4 Å². The molecule has 5 aliphatic carbocycles. The van der Waals surface area contributed by atoms with Crippen molar-refractivity contribution in [3.05, 3.63) is 11.6 Å². The fourth-order valence-electron chi connectivity index (χ4n) is 13.8. The van der Waals surface area contributed by atoms with Crippen LogP contribution < -0.4 is 0 Å². The Balaban J connectivity index is 1.15. The number of carbonyl (C=O) groups excluding carboxylic acids is 1. The maximum atomic E-state index is 14.8. The lowest BCUT2D eigenvalue weighted by Crippen LogP contribution is -2.68. The minimum atomic E-state index is -4.93. The Bertz CT molecular complexity index is 1790. The van der Waals surface area contributed by atoms with E-state index in [1.165, 1.54) is 0 Å². The molecule has 7 aliphatic rings. The number of carbonyl (C=O) groups is 1. The molecule has 6 fully saturated rings. The molecule has 0 radical (unpaired) electrons. The average Bonchev–Trinajstić information content (AvgIpc) is 3.18. The smallest absolute Gasteiger partial charge is 0.397 e. The first-order valence-electron chi connectivity index (χ1n) is 21.7. The maximum absolute atomic E-state index is 14.8. The predicted molar refractivity (Wildman–Crippen MR) is 211 cm³/mol. The number of hydrogen-bond acceptors (Lipinski definition) is 17. The van der Waals surface area contributed by atoms with Crippen LogP contribution >= 0.6 is 0 Å². The highest BCUT2D eigenvalue weighted by molar-refractivity contribution is 7.80. The number of ether oxygens (including phenoxy) is 4. The van der Waals surface area contributed by atoms with Crippen LogP contribution in [-0.4, -0.2) is 158 Å². The van der Waals surface area contributed by atoms with Gasteiger partial charge in [0, 0.05) is 5.41 Å². The third kappa shape index (κ3) is 7.56.